The monoisotopic (exact) mass is 337 g/mol. The molecule has 1 aromatic rings. The van der Waals surface area contributed by atoms with Gasteiger partial charge in [-0.3, -0.25) is 0 Å². The van der Waals surface area contributed by atoms with Gasteiger partial charge in [0.1, 0.15) is 5.82 Å². The molecule has 3 fully saturated rings. The molecule has 0 heterocycles. The first kappa shape index (κ1) is 13.3. The molecule has 0 saturated heterocycles. The molecule has 1 N–H and O–H groups in total. The largest absolute Gasteiger partial charge is 0.313 e. The van der Waals surface area contributed by atoms with E-state index in [4.69, 9.17) is 0 Å². The highest BCUT2D eigenvalue weighted by Gasteiger charge is 2.53. The van der Waals surface area contributed by atoms with Gasteiger partial charge in [-0.25, -0.2) is 4.39 Å². The zero-order valence-electron chi connectivity index (χ0n) is 11.7. The molecule has 20 heavy (non-hydrogen) atoms. The summed E-state index contributed by atoms with van der Waals surface area (Å²) in [7, 11) is 0. The Kier molecular flexibility index (Phi) is 3.19. The summed E-state index contributed by atoms with van der Waals surface area (Å²) >= 11 is 3.43. The third-order valence-electron chi connectivity index (χ3n) is 5.40. The second kappa shape index (κ2) is 4.81. The molecule has 2 unspecified atom stereocenters. The zero-order chi connectivity index (χ0) is 13.7. The second-order valence-corrected chi connectivity index (χ2v) is 8.00. The lowest BCUT2D eigenvalue weighted by molar-refractivity contribution is 0.247. The van der Waals surface area contributed by atoms with Crippen molar-refractivity contribution in [2.75, 3.05) is 6.54 Å². The minimum Gasteiger partial charge on any atom is -0.313 e. The van der Waals surface area contributed by atoms with Gasteiger partial charge in [-0.15, -0.1) is 0 Å². The van der Waals surface area contributed by atoms with Crippen molar-refractivity contribution in [3.8, 4) is 0 Å². The Labute approximate surface area is 128 Å². The number of fused-ring (bicyclic) bond motifs is 1. The molecule has 0 radical (unpaired) electrons. The fourth-order valence-electron chi connectivity index (χ4n) is 4.09. The molecule has 4 rings (SSSR count). The Morgan fingerprint density at radius 2 is 2.00 bits per heavy atom. The summed E-state index contributed by atoms with van der Waals surface area (Å²) in [5.41, 5.74) is 1.51. The molecule has 3 saturated carbocycles. The highest BCUT2D eigenvalue weighted by Crippen LogP contribution is 2.61. The molecule has 3 aliphatic rings. The minimum absolute atomic E-state index is 0.129. The maximum absolute atomic E-state index is 13.7. The SMILES string of the molecule is Fc1cccc(CC2(CNC3CC3)CC3CC3C2)c1Br. The van der Waals surface area contributed by atoms with Crippen molar-refractivity contribution in [2.45, 2.75) is 44.6 Å². The highest BCUT2D eigenvalue weighted by molar-refractivity contribution is 9.10. The van der Waals surface area contributed by atoms with Crippen LogP contribution in [-0.4, -0.2) is 12.6 Å². The van der Waals surface area contributed by atoms with Crippen molar-refractivity contribution in [1.29, 1.82) is 0 Å². The maximum atomic E-state index is 13.7. The first-order valence-corrected chi connectivity index (χ1v) is 8.61. The molecule has 1 aromatic carbocycles. The number of hydrogen-bond donors (Lipinski definition) is 1. The van der Waals surface area contributed by atoms with Crippen molar-refractivity contribution < 1.29 is 4.39 Å². The van der Waals surface area contributed by atoms with Gasteiger partial charge in [-0.1, -0.05) is 12.1 Å². The predicted molar refractivity (Wildman–Crippen MR) is 82.1 cm³/mol. The number of benzene rings is 1. The summed E-state index contributed by atoms with van der Waals surface area (Å²) in [5, 5.41) is 3.73. The van der Waals surface area contributed by atoms with E-state index >= 15 is 0 Å². The molecule has 0 aliphatic heterocycles. The first-order valence-electron chi connectivity index (χ1n) is 7.81. The van der Waals surface area contributed by atoms with Crippen LogP contribution in [0.3, 0.4) is 0 Å². The highest BCUT2D eigenvalue weighted by atomic mass is 79.9. The van der Waals surface area contributed by atoms with Crippen LogP contribution in [0.1, 0.15) is 37.7 Å². The predicted octanol–water partition coefficient (Wildman–Crippen LogP) is 4.30. The van der Waals surface area contributed by atoms with Crippen LogP contribution < -0.4 is 5.32 Å². The topological polar surface area (TPSA) is 12.0 Å². The Hall–Kier alpha value is -0.410. The van der Waals surface area contributed by atoms with E-state index in [1.807, 2.05) is 6.07 Å². The van der Waals surface area contributed by atoms with Crippen molar-refractivity contribution in [2.24, 2.45) is 17.3 Å². The molecule has 1 nitrogen and oxygen atoms in total. The Bertz CT molecular complexity index is 516. The van der Waals surface area contributed by atoms with E-state index in [0.29, 0.717) is 9.89 Å². The van der Waals surface area contributed by atoms with Crippen LogP contribution in [0.5, 0.6) is 0 Å². The van der Waals surface area contributed by atoms with Crippen LogP contribution in [0.15, 0.2) is 22.7 Å². The standard InChI is InChI=1S/C17H21BrFN/c18-16-11(2-1-3-15(16)19)7-17(10-20-14-4-5-14)8-12-6-13(12)9-17/h1-3,12-14,20H,4-10H2. The van der Waals surface area contributed by atoms with E-state index in [1.165, 1.54) is 38.2 Å². The summed E-state index contributed by atoms with van der Waals surface area (Å²) in [6.07, 6.45) is 7.80. The van der Waals surface area contributed by atoms with Gasteiger partial charge in [-0.2, -0.15) is 0 Å². The van der Waals surface area contributed by atoms with Crippen molar-refractivity contribution in [3.05, 3.63) is 34.1 Å². The van der Waals surface area contributed by atoms with Crippen molar-refractivity contribution in [1.82, 2.24) is 5.32 Å². The van der Waals surface area contributed by atoms with Gasteiger partial charge >= 0.3 is 0 Å². The number of halogens is 2. The molecule has 108 valence electrons. The van der Waals surface area contributed by atoms with E-state index in [1.54, 1.807) is 0 Å². The maximum Gasteiger partial charge on any atom is 0.137 e. The van der Waals surface area contributed by atoms with E-state index < -0.39 is 0 Å². The van der Waals surface area contributed by atoms with Crippen LogP contribution in [0.4, 0.5) is 4.39 Å². The molecular weight excluding hydrogens is 317 g/mol. The first-order chi connectivity index (χ1) is 9.65. The minimum atomic E-state index is -0.129. The van der Waals surface area contributed by atoms with Crippen LogP contribution in [-0.2, 0) is 6.42 Å². The van der Waals surface area contributed by atoms with Crippen molar-refractivity contribution in [3.63, 3.8) is 0 Å². The van der Waals surface area contributed by atoms with Gasteiger partial charge in [-0.05, 0) is 83.3 Å². The van der Waals surface area contributed by atoms with Gasteiger partial charge in [0.15, 0.2) is 0 Å². The van der Waals surface area contributed by atoms with E-state index in [0.717, 1.165) is 36.4 Å². The fourth-order valence-corrected chi connectivity index (χ4v) is 4.50. The lowest BCUT2D eigenvalue weighted by Crippen LogP contribution is -2.36. The van der Waals surface area contributed by atoms with E-state index in [2.05, 4.69) is 27.3 Å². The van der Waals surface area contributed by atoms with Gasteiger partial charge in [0.25, 0.3) is 0 Å². The normalized spacial score (nSPS) is 35.1. The number of nitrogens with one attached hydrogen (secondary N) is 1. The molecule has 0 amide bonds. The molecule has 0 spiro atoms. The third-order valence-corrected chi connectivity index (χ3v) is 6.29. The number of hydrogen-bond acceptors (Lipinski definition) is 1. The summed E-state index contributed by atoms with van der Waals surface area (Å²) in [6.45, 7) is 1.12. The van der Waals surface area contributed by atoms with Gasteiger partial charge in [0.05, 0.1) is 4.47 Å². The average molecular weight is 338 g/mol. The fraction of sp³-hybridized carbons (Fsp3) is 0.647. The van der Waals surface area contributed by atoms with Gasteiger partial charge < -0.3 is 5.32 Å². The van der Waals surface area contributed by atoms with Crippen molar-refractivity contribution >= 4 is 15.9 Å². The molecular formula is C17H21BrFN. The van der Waals surface area contributed by atoms with E-state index in [-0.39, 0.29) is 5.82 Å². The van der Waals surface area contributed by atoms with E-state index in [9.17, 15) is 4.39 Å². The lowest BCUT2D eigenvalue weighted by atomic mass is 9.77. The molecule has 3 aliphatic carbocycles. The Morgan fingerprint density at radius 1 is 1.25 bits per heavy atom. The Morgan fingerprint density at radius 3 is 2.70 bits per heavy atom. The van der Waals surface area contributed by atoms with Crippen LogP contribution in [0, 0.1) is 23.1 Å². The summed E-state index contributed by atoms with van der Waals surface area (Å²) < 4.78 is 14.4. The van der Waals surface area contributed by atoms with Gasteiger partial charge in [0, 0.05) is 12.6 Å². The zero-order valence-corrected chi connectivity index (χ0v) is 13.3. The second-order valence-electron chi connectivity index (χ2n) is 7.21. The quantitative estimate of drug-likeness (QED) is 0.844. The number of rotatable bonds is 5. The van der Waals surface area contributed by atoms with Crippen LogP contribution in [0.25, 0.3) is 0 Å². The van der Waals surface area contributed by atoms with Gasteiger partial charge in [0.2, 0.25) is 0 Å². The lowest BCUT2D eigenvalue weighted by Gasteiger charge is -2.32. The van der Waals surface area contributed by atoms with Crippen LogP contribution in [0.2, 0.25) is 0 Å². The molecule has 3 heteroatoms. The summed E-state index contributed by atoms with van der Waals surface area (Å²) in [4.78, 5) is 0. The van der Waals surface area contributed by atoms with Crippen LogP contribution >= 0.6 is 15.9 Å². The molecule has 0 bridgehead atoms. The molecule has 2 atom stereocenters. The smallest absolute Gasteiger partial charge is 0.137 e. The molecule has 0 aromatic heterocycles. The summed E-state index contributed by atoms with van der Waals surface area (Å²) in [6, 6.07) is 6.22. The average Bonchev–Trinajstić information content (AvgIpc) is 3.34. The third kappa shape index (κ3) is 2.55. The Balaban J connectivity index is 1.53. The summed E-state index contributed by atoms with van der Waals surface area (Å²) in [5.74, 6) is 1.79.